The van der Waals surface area contributed by atoms with Crippen LogP contribution in [0.25, 0.3) is 0 Å². The van der Waals surface area contributed by atoms with Gasteiger partial charge in [0.1, 0.15) is 0 Å². The van der Waals surface area contributed by atoms with E-state index in [2.05, 4.69) is 41.3 Å². The number of fused-ring (bicyclic) bond motifs is 2. The van der Waals surface area contributed by atoms with Crippen LogP contribution in [0.5, 0.6) is 11.5 Å². The van der Waals surface area contributed by atoms with Gasteiger partial charge in [-0.05, 0) is 36.4 Å². The molecule has 0 aliphatic carbocycles. The van der Waals surface area contributed by atoms with Crippen LogP contribution in [-0.4, -0.2) is 0 Å². The maximum Gasteiger partial charge on any atom is 2.00 e. The maximum atomic E-state index is 5.99. The Kier molecular flexibility index (Phi) is 9.86. The minimum absolute atomic E-state index is 0. The van der Waals surface area contributed by atoms with Crippen molar-refractivity contribution >= 4 is 17.1 Å². The molecule has 0 radical (unpaired) electrons. The van der Waals surface area contributed by atoms with E-state index >= 15 is 0 Å². The van der Waals surface area contributed by atoms with Crippen molar-refractivity contribution in [3.63, 3.8) is 0 Å². The maximum absolute atomic E-state index is 5.99. The van der Waals surface area contributed by atoms with Gasteiger partial charge in [0.15, 0.2) is 11.5 Å². The van der Waals surface area contributed by atoms with Gasteiger partial charge in [0.2, 0.25) is 0 Å². The van der Waals surface area contributed by atoms with Crippen molar-refractivity contribution in [1.29, 1.82) is 0 Å². The molecule has 0 bridgehead atoms. The zero-order valence-corrected chi connectivity index (χ0v) is 18.2. The van der Waals surface area contributed by atoms with Gasteiger partial charge >= 0.3 is 21.1 Å². The van der Waals surface area contributed by atoms with Crippen LogP contribution < -0.4 is 9.64 Å². The molecule has 0 amide bonds. The molecule has 1 aliphatic heterocycles. The standard InChI is InChI=1S/C18H13NO.C2H6.2CH3.W/c1-2-8-14(9-3-1)19-15-10-4-6-12-17(15)20-18-13-7-5-11-16(18)19;1-2;;;/h1-13H;1-2H3;2*1H3;/q;;2*-1;+2. The summed E-state index contributed by atoms with van der Waals surface area (Å²) in [7, 11) is 0. The van der Waals surface area contributed by atoms with E-state index in [9.17, 15) is 0 Å². The van der Waals surface area contributed by atoms with E-state index in [1.807, 2.05) is 56.3 Å². The Balaban J connectivity index is 0.00000111. The van der Waals surface area contributed by atoms with Crippen LogP contribution in [0, 0.1) is 14.9 Å². The number of hydrogen-bond donors (Lipinski definition) is 0. The zero-order valence-electron chi connectivity index (χ0n) is 15.3. The van der Waals surface area contributed by atoms with Gasteiger partial charge < -0.3 is 24.5 Å². The third-order valence-electron chi connectivity index (χ3n) is 3.45. The van der Waals surface area contributed by atoms with E-state index in [1.165, 1.54) is 0 Å². The molecular weight excluding hydrogens is 478 g/mol. The van der Waals surface area contributed by atoms with E-state index in [1.54, 1.807) is 0 Å². The van der Waals surface area contributed by atoms with Crippen LogP contribution in [-0.2, 0) is 21.1 Å². The predicted octanol–water partition coefficient (Wildman–Crippen LogP) is 7.19. The number of ether oxygens (including phenoxy) is 1. The summed E-state index contributed by atoms with van der Waals surface area (Å²) < 4.78 is 5.99. The summed E-state index contributed by atoms with van der Waals surface area (Å²) >= 11 is 0. The predicted molar refractivity (Wildman–Crippen MR) is 105 cm³/mol. The molecule has 1 aliphatic rings. The number of anilines is 3. The molecule has 130 valence electrons. The molecule has 25 heavy (non-hydrogen) atoms. The van der Waals surface area contributed by atoms with Crippen LogP contribution in [0.1, 0.15) is 13.8 Å². The SMILES string of the molecule is CC.[CH3-].[CH3-].[W+2].c1ccc(N2c3ccccc3Oc3ccccc32)cc1. The molecule has 3 aromatic carbocycles. The summed E-state index contributed by atoms with van der Waals surface area (Å²) in [6.45, 7) is 4.00. The molecule has 0 N–H and O–H groups in total. The van der Waals surface area contributed by atoms with Gasteiger partial charge in [-0.1, -0.05) is 56.3 Å². The molecule has 0 fully saturated rings. The first-order valence-corrected chi connectivity index (χ1v) is 7.64. The number of hydrogen-bond acceptors (Lipinski definition) is 2. The van der Waals surface area contributed by atoms with Crippen molar-refractivity contribution in [1.82, 2.24) is 0 Å². The van der Waals surface area contributed by atoms with E-state index in [4.69, 9.17) is 4.74 Å². The second kappa shape index (κ2) is 10.7. The zero-order chi connectivity index (χ0) is 15.4. The Bertz CT molecular complexity index is 713. The Morgan fingerprint density at radius 2 is 1.00 bits per heavy atom. The number of nitrogens with zero attached hydrogens (tertiary/aromatic N) is 1. The van der Waals surface area contributed by atoms with E-state index in [0.717, 1.165) is 28.6 Å². The quantitative estimate of drug-likeness (QED) is 0.255. The molecule has 2 nitrogen and oxygen atoms in total. The summed E-state index contributed by atoms with van der Waals surface area (Å²) in [4.78, 5) is 2.23. The Morgan fingerprint density at radius 3 is 1.48 bits per heavy atom. The molecule has 0 spiro atoms. The summed E-state index contributed by atoms with van der Waals surface area (Å²) in [5.74, 6) is 1.77. The normalized spacial score (nSPS) is 10.1. The van der Waals surface area contributed by atoms with Crippen LogP contribution in [0.2, 0.25) is 0 Å². The molecule has 0 saturated heterocycles. The fraction of sp³-hybridized carbons (Fsp3) is 0.0909. The first-order valence-electron chi connectivity index (χ1n) is 7.64. The first kappa shape index (κ1) is 22.9. The largest absolute Gasteiger partial charge is 2.00 e. The molecule has 4 rings (SSSR count). The second-order valence-corrected chi connectivity index (χ2v) is 4.71. The van der Waals surface area contributed by atoms with Crippen molar-refractivity contribution in [2.24, 2.45) is 0 Å². The summed E-state index contributed by atoms with van der Waals surface area (Å²) in [6.07, 6.45) is 0. The third-order valence-corrected chi connectivity index (χ3v) is 3.45. The molecule has 0 saturated carbocycles. The minimum atomic E-state index is 0. The number of para-hydroxylation sites is 5. The molecule has 3 aromatic rings. The van der Waals surface area contributed by atoms with Gasteiger partial charge in [0.25, 0.3) is 0 Å². The Hall–Kier alpha value is -2.05. The summed E-state index contributed by atoms with van der Waals surface area (Å²) in [5, 5.41) is 0. The monoisotopic (exact) mass is 503 g/mol. The first-order chi connectivity index (χ1) is 10.9. The average molecular weight is 503 g/mol. The molecule has 0 atom stereocenters. The molecule has 0 aromatic heterocycles. The molecule has 0 unspecified atom stereocenters. The van der Waals surface area contributed by atoms with E-state index in [-0.39, 0.29) is 35.9 Å². The molecular formula is C22H25NOW. The Labute approximate surface area is 166 Å². The number of rotatable bonds is 1. The van der Waals surface area contributed by atoms with Crippen molar-refractivity contribution in [3.8, 4) is 11.5 Å². The fourth-order valence-corrected chi connectivity index (χ4v) is 2.56. The van der Waals surface area contributed by atoms with Crippen molar-refractivity contribution in [2.75, 3.05) is 4.90 Å². The summed E-state index contributed by atoms with van der Waals surface area (Å²) in [5.41, 5.74) is 3.27. The van der Waals surface area contributed by atoms with E-state index in [0.29, 0.717) is 0 Å². The average Bonchev–Trinajstić information content (AvgIpc) is 2.62. The fourth-order valence-electron chi connectivity index (χ4n) is 2.56. The summed E-state index contributed by atoms with van der Waals surface area (Å²) in [6, 6.07) is 26.6. The van der Waals surface area contributed by atoms with Crippen LogP contribution in [0.15, 0.2) is 78.9 Å². The number of benzene rings is 3. The van der Waals surface area contributed by atoms with Gasteiger partial charge in [0.05, 0.1) is 11.4 Å². The van der Waals surface area contributed by atoms with Crippen LogP contribution >= 0.6 is 0 Å². The van der Waals surface area contributed by atoms with E-state index < -0.39 is 0 Å². The van der Waals surface area contributed by atoms with Gasteiger partial charge in [0, 0.05) is 5.69 Å². The second-order valence-electron chi connectivity index (χ2n) is 4.71. The van der Waals surface area contributed by atoms with Gasteiger partial charge in [-0.2, -0.15) is 0 Å². The molecule has 1 heterocycles. The Morgan fingerprint density at radius 1 is 0.600 bits per heavy atom. The van der Waals surface area contributed by atoms with Crippen LogP contribution in [0.4, 0.5) is 17.1 Å². The van der Waals surface area contributed by atoms with Gasteiger partial charge in [-0.25, -0.2) is 0 Å². The van der Waals surface area contributed by atoms with Crippen molar-refractivity contribution in [3.05, 3.63) is 93.7 Å². The smallest absolute Gasteiger partial charge is 0.453 e. The molecule has 3 heteroatoms. The van der Waals surface area contributed by atoms with Crippen LogP contribution in [0.3, 0.4) is 0 Å². The van der Waals surface area contributed by atoms with Crippen molar-refractivity contribution < 1.29 is 25.8 Å². The topological polar surface area (TPSA) is 12.5 Å². The minimum Gasteiger partial charge on any atom is -0.453 e. The third kappa shape index (κ3) is 4.52. The van der Waals surface area contributed by atoms with Gasteiger partial charge in [-0.15, -0.1) is 0 Å². The van der Waals surface area contributed by atoms with Gasteiger partial charge in [-0.3, -0.25) is 0 Å². The van der Waals surface area contributed by atoms with Crippen molar-refractivity contribution in [2.45, 2.75) is 13.8 Å².